The van der Waals surface area contributed by atoms with Crippen molar-refractivity contribution >= 4 is 5.71 Å². The van der Waals surface area contributed by atoms with Crippen molar-refractivity contribution in [1.29, 1.82) is 5.26 Å². The van der Waals surface area contributed by atoms with E-state index in [1.54, 1.807) is 25.3 Å². The number of hydrogen-bond acceptors (Lipinski definition) is 4. The fraction of sp³-hybridized carbons (Fsp3) is 0.263. The lowest BCUT2D eigenvalue weighted by Gasteiger charge is -2.13. The van der Waals surface area contributed by atoms with Crippen LogP contribution in [0.5, 0.6) is 5.75 Å². The molecule has 0 aromatic heterocycles. The molecule has 26 heavy (non-hydrogen) atoms. The molecule has 134 valence electrons. The normalized spacial score (nSPS) is 16.6. The van der Waals surface area contributed by atoms with Gasteiger partial charge in [0.2, 0.25) is 0 Å². The first-order chi connectivity index (χ1) is 12.4. The molecule has 0 spiro atoms. The van der Waals surface area contributed by atoms with E-state index in [0.717, 1.165) is 23.1 Å². The highest BCUT2D eigenvalue weighted by Crippen LogP contribution is 2.33. The molecule has 1 aliphatic heterocycles. The molecule has 0 saturated carbocycles. The van der Waals surface area contributed by atoms with E-state index in [-0.39, 0.29) is 18.1 Å². The maximum atomic E-state index is 13.1. The third-order valence-electron chi connectivity index (χ3n) is 4.13. The minimum Gasteiger partial charge on any atom is -0.497 e. The van der Waals surface area contributed by atoms with Crippen LogP contribution in [0, 0.1) is 11.3 Å². The van der Waals surface area contributed by atoms with Crippen LogP contribution in [0.1, 0.15) is 28.7 Å². The molecule has 1 heterocycles. The lowest BCUT2D eigenvalue weighted by atomic mass is 9.97. The van der Waals surface area contributed by atoms with Crippen LogP contribution in [0.2, 0.25) is 0 Å². The number of nitriles is 1. The lowest BCUT2D eigenvalue weighted by molar-refractivity contribution is -0.137. The molecule has 1 atom stereocenters. The van der Waals surface area contributed by atoms with Gasteiger partial charge >= 0.3 is 6.18 Å². The average Bonchev–Trinajstić information content (AvgIpc) is 3.09. The van der Waals surface area contributed by atoms with Gasteiger partial charge in [-0.15, -0.1) is 0 Å². The van der Waals surface area contributed by atoms with E-state index in [9.17, 15) is 13.2 Å². The van der Waals surface area contributed by atoms with Crippen molar-refractivity contribution in [3.8, 4) is 11.8 Å². The molecular weight excluding hydrogens is 345 g/mol. The standard InChI is InChI=1S/C19H15F3N2O2/c1-25-15-6-4-13(5-7-15)18-10-16(26-24-18)8-12-2-3-14(11-23)17(9-12)19(20,21)22/h2-7,9,16H,8,10H2,1H3. The first-order valence-corrected chi connectivity index (χ1v) is 7.88. The van der Waals surface area contributed by atoms with Gasteiger partial charge in [0.1, 0.15) is 11.9 Å². The Morgan fingerprint density at radius 3 is 2.58 bits per heavy atom. The van der Waals surface area contributed by atoms with E-state index in [1.807, 2.05) is 12.1 Å². The van der Waals surface area contributed by atoms with Crippen LogP contribution in [-0.2, 0) is 17.4 Å². The van der Waals surface area contributed by atoms with Crippen LogP contribution in [0.25, 0.3) is 0 Å². The van der Waals surface area contributed by atoms with Gasteiger partial charge in [0.25, 0.3) is 0 Å². The Kier molecular flexibility index (Phi) is 4.85. The number of alkyl halides is 3. The van der Waals surface area contributed by atoms with Crippen LogP contribution in [0.3, 0.4) is 0 Å². The number of halogens is 3. The summed E-state index contributed by atoms with van der Waals surface area (Å²) in [5.41, 5.74) is 0.759. The highest BCUT2D eigenvalue weighted by molar-refractivity contribution is 6.01. The van der Waals surface area contributed by atoms with Crippen molar-refractivity contribution in [2.45, 2.75) is 25.1 Å². The third-order valence-corrected chi connectivity index (χ3v) is 4.13. The van der Waals surface area contributed by atoms with Gasteiger partial charge in [-0.3, -0.25) is 0 Å². The number of nitrogens with zero attached hydrogens (tertiary/aromatic N) is 2. The van der Waals surface area contributed by atoms with Gasteiger partial charge in [0.15, 0.2) is 0 Å². The Labute approximate surface area is 148 Å². The van der Waals surface area contributed by atoms with Crippen LogP contribution in [-0.4, -0.2) is 18.9 Å². The molecule has 7 heteroatoms. The molecule has 0 fully saturated rings. The second kappa shape index (κ2) is 7.08. The zero-order valence-electron chi connectivity index (χ0n) is 13.9. The summed E-state index contributed by atoms with van der Waals surface area (Å²) in [7, 11) is 1.58. The fourth-order valence-corrected chi connectivity index (χ4v) is 2.81. The smallest absolute Gasteiger partial charge is 0.417 e. The average molecular weight is 360 g/mol. The molecule has 4 nitrogen and oxygen atoms in total. The highest BCUT2D eigenvalue weighted by Gasteiger charge is 2.34. The molecule has 0 aliphatic carbocycles. The van der Waals surface area contributed by atoms with Crippen molar-refractivity contribution in [3.05, 3.63) is 64.7 Å². The summed E-state index contributed by atoms with van der Waals surface area (Å²) in [6.45, 7) is 0. The van der Waals surface area contributed by atoms with Crippen molar-refractivity contribution in [1.82, 2.24) is 0 Å². The number of benzene rings is 2. The Hall–Kier alpha value is -3.01. The highest BCUT2D eigenvalue weighted by atomic mass is 19.4. The molecule has 0 bridgehead atoms. The van der Waals surface area contributed by atoms with Gasteiger partial charge < -0.3 is 9.57 Å². The Balaban J connectivity index is 1.71. The summed E-state index contributed by atoms with van der Waals surface area (Å²) in [5, 5.41) is 12.9. The molecular formula is C19H15F3N2O2. The number of methoxy groups -OCH3 is 1. The van der Waals surface area contributed by atoms with Crippen LogP contribution < -0.4 is 4.74 Å². The predicted molar refractivity (Wildman–Crippen MR) is 88.9 cm³/mol. The first-order valence-electron chi connectivity index (χ1n) is 7.88. The number of ether oxygens (including phenoxy) is 1. The second-order valence-electron chi connectivity index (χ2n) is 5.89. The maximum absolute atomic E-state index is 13.1. The molecule has 1 aliphatic rings. The maximum Gasteiger partial charge on any atom is 0.417 e. The fourth-order valence-electron chi connectivity index (χ4n) is 2.81. The summed E-state index contributed by atoms with van der Waals surface area (Å²) < 4.78 is 44.3. The Morgan fingerprint density at radius 1 is 1.23 bits per heavy atom. The topological polar surface area (TPSA) is 54.6 Å². The zero-order chi connectivity index (χ0) is 18.7. The predicted octanol–water partition coefficient (Wildman–Crippen LogP) is 4.32. The van der Waals surface area contributed by atoms with Gasteiger partial charge in [-0.25, -0.2) is 0 Å². The number of hydrogen-bond donors (Lipinski definition) is 0. The van der Waals surface area contributed by atoms with Gasteiger partial charge in [-0.1, -0.05) is 11.2 Å². The molecule has 0 amide bonds. The van der Waals surface area contributed by atoms with Gasteiger partial charge in [0.05, 0.1) is 30.0 Å². The van der Waals surface area contributed by atoms with Crippen molar-refractivity contribution in [2.24, 2.45) is 5.16 Å². The van der Waals surface area contributed by atoms with E-state index >= 15 is 0 Å². The summed E-state index contributed by atoms with van der Waals surface area (Å²) in [6.07, 6.45) is -4.14. The largest absolute Gasteiger partial charge is 0.497 e. The second-order valence-corrected chi connectivity index (χ2v) is 5.89. The molecule has 2 aromatic carbocycles. The summed E-state index contributed by atoms with van der Waals surface area (Å²) in [4.78, 5) is 5.37. The number of oxime groups is 1. The monoisotopic (exact) mass is 360 g/mol. The molecule has 0 N–H and O–H groups in total. The Bertz CT molecular complexity index is 868. The minimum absolute atomic E-state index is 0.276. The zero-order valence-corrected chi connectivity index (χ0v) is 13.9. The first kappa shape index (κ1) is 17.8. The van der Waals surface area contributed by atoms with Gasteiger partial charge in [-0.2, -0.15) is 18.4 Å². The molecule has 0 radical (unpaired) electrons. The third kappa shape index (κ3) is 3.80. The van der Waals surface area contributed by atoms with Gasteiger partial charge in [0, 0.05) is 12.8 Å². The van der Waals surface area contributed by atoms with Crippen molar-refractivity contribution in [2.75, 3.05) is 7.11 Å². The number of rotatable bonds is 4. The van der Waals surface area contributed by atoms with Crippen molar-refractivity contribution in [3.63, 3.8) is 0 Å². The van der Waals surface area contributed by atoms with E-state index in [0.29, 0.717) is 12.0 Å². The lowest BCUT2D eigenvalue weighted by Crippen LogP contribution is -2.14. The summed E-state index contributed by atoms with van der Waals surface area (Å²) >= 11 is 0. The summed E-state index contributed by atoms with van der Waals surface area (Å²) in [6, 6.07) is 12.6. The Morgan fingerprint density at radius 2 is 1.96 bits per heavy atom. The van der Waals surface area contributed by atoms with Gasteiger partial charge in [-0.05, 0) is 47.5 Å². The van der Waals surface area contributed by atoms with E-state index < -0.39 is 11.7 Å². The molecule has 1 unspecified atom stereocenters. The SMILES string of the molecule is COc1ccc(C2=NOC(Cc3ccc(C#N)c(C(F)(F)F)c3)C2)cc1. The van der Waals surface area contributed by atoms with Crippen LogP contribution in [0.15, 0.2) is 47.6 Å². The minimum atomic E-state index is -4.57. The quantitative estimate of drug-likeness (QED) is 0.816. The van der Waals surface area contributed by atoms with E-state index in [4.69, 9.17) is 14.8 Å². The molecule has 2 aromatic rings. The molecule has 0 saturated heterocycles. The molecule has 3 rings (SSSR count). The van der Waals surface area contributed by atoms with E-state index in [1.165, 1.54) is 12.1 Å². The van der Waals surface area contributed by atoms with Crippen LogP contribution >= 0.6 is 0 Å². The summed E-state index contributed by atoms with van der Waals surface area (Å²) in [5.74, 6) is 0.724. The van der Waals surface area contributed by atoms with Crippen molar-refractivity contribution < 1.29 is 22.7 Å². The van der Waals surface area contributed by atoms with Crippen LogP contribution in [0.4, 0.5) is 13.2 Å². The van der Waals surface area contributed by atoms with E-state index in [2.05, 4.69) is 5.16 Å².